The molecule has 0 fully saturated rings. The van der Waals surface area contributed by atoms with Crippen LogP contribution in [0.3, 0.4) is 0 Å². The first-order chi connectivity index (χ1) is 9.61. The molecule has 1 nitrogen and oxygen atoms in total. The van der Waals surface area contributed by atoms with Gasteiger partial charge in [-0.15, -0.1) is 13.0 Å². The standard InChI is InChI=1S/C20H28O/c1-9-11-12-21-18-15(10-2)13-16(19(3,4)5)14-17(18)20(6,7)8/h2,9,13-14H,1,11-12H2,3-8H3. The van der Waals surface area contributed by atoms with Gasteiger partial charge in [-0.05, 0) is 28.9 Å². The zero-order valence-corrected chi connectivity index (χ0v) is 14.3. The van der Waals surface area contributed by atoms with Gasteiger partial charge >= 0.3 is 0 Å². The van der Waals surface area contributed by atoms with Gasteiger partial charge in [-0.1, -0.05) is 59.6 Å². The molecule has 1 heteroatoms. The topological polar surface area (TPSA) is 9.23 Å². The van der Waals surface area contributed by atoms with Gasteiger partial charge in [-0.3, -0.25) is 0 Å². The van der Waals surface area contributed by atoms with Gasteiger partial charge in [-0.25, -0.2) is 0 Å². The summed E-state index contributed by atoms with van der Waals surface area (Å²) in [6.07, 6.45) is 8.40. The molecule has 0 aliphatic heterocycles. The van der Waals surface area contributed by atoms with E-state index in [2.05, 4.69) is 66.2 Å². The van der Waals surface area contributed by atoms with Gasteiger partial charge in [0.15, 0.2) is 0 Å². The molecule has 0 aliphatic carbocycles. The lowest BCUT2D eigenvalue weighted by atomic mass is 9.79. The minimum atomic E-state index is -0.0175. The number of hydrogen-bond acceptors (Lipinski definition) is 1. The van der Waals surface area contributed by atoms with Crippen LogP contribution in [0.15, 0.2) is 24.8 Å². The maximum absolute atomic E-state index is 5.98. The van der Waals surface area contributed by atoms with Gasteiger partial charge in [0.05, 0.1) is 12.2 Å². The zero-order chi connectivity index (χ0) is 16.3. The summed E-state index contributed by atoms with van der Waals surface area (Å²) in [7, 11) is 0. The Labute approximate surface area is 130 Å². The maximum Gasteiger partial charge on any atom is 0.138 e. The summed E-state index contributed by atoms with van der Waals surface area (Å²) in [4.78, 5) is 0. The smallest absolute Gasteiger partial charge is 0.138 e. The second kappa shape index (κ2) is 6.39. The Morgan fingerprint density at radius 3 is 2.19 bits per heavy atom. The molecule has 0 heterocycles. The van der Waals surface area contributed by atoms with E-state index in [4.69, 9.17) is 11.2 Å². The molecule has 114 valence electrons. The van der Waals surface area contributed by atoms with Crippen LogP contribution >= 0.6 is 0 Å². The van der Waals surface area contributed by atoms with Crippen molar-refractivity contribution >= 4 is 0 Å². The highest BCUT2D eigenvalue weighted by molar-refractivity contribution is 5.55. The Hall–Kier alpha value is -1.68. The van der Waals surface area contributed by atoms with Crippen LogP contribution in [0.25, 0.3) is 0 Å². The maximum atomic E-state index is 5.98. The van der Waals surface area contributed by atoms with Crippen molar-refractivity contribution < 1.29 is 4.74 Å². The van der Waals surface area contributed by atoms with Crippen molar-refractivity contribution in [3.05, 3.63) is 41.5 Å². The van der Waals surface area contributed by atoms with Crippen LogP contribution in [-0.2, 0) is 10.8 Å². The van der Waals surface area contributed by atoms with Crippen molar-refractivity contribution in [1.82, 2.24) is 0 Å². The lowest BCUT2D eigenvalue weighted by Gasteiger charge is -2.28. The SMILES string of the molecule is C#Cc1cc(C(C)(C)C)cc(C(C)(C)C)c1OCCC=C. The molecule has 1 aromatic rings. The summed E-state index contributed by atoms with van der Waals surface area (Å²) in [5.74, 6) is 3.64. The molecule has 0 bridgehead atoms. The van der Waals surface area contributed by atoms with Crippen molar-refractivity contribution in [3.8, 4) is 18.1 Å². The third-order valence-corrected chi connectivity index (χ3v) is 3.49. The minimum Gasteiger partial charge on any atom is -0.492 e. The Morgan fingerprint density at radius 1 is 1.14 bits per heavy atom. The molecular formula is C20H28O. The molecule has 0 spiro atoms. The van der Waals surface area contributed by atoms with E-state index >= 15 is 0 Å². The van der Waals surface area contributed by atoms with Gasteiger partial charge in [0.2, 0.25) is 0 Å². The minimum absolute atomic E-state index is 0.0175. The van der Waals surface area contributed by atoms with Crippen LogP contribution in [0, 0.1) is 12.3 Å². The Bertz CT molecular complexity index is 545. The first-order valence-corrected chi connectivity index (χ1v) is 7.50. The largest absolute Gasteiger partial charge is 0.492 e. The molecule has 0 amide bonds. The third-order valence-electron chi connectivity index (χ3n) is 3.49. The van der Waals surface area contributed by atoms with E-state index in [-0.39, 0.29) is 10.8 Å². The fourth-order valence-corrected chi connectivity index (χ4v) is 2.13. The van der Waals surface area contributed by atoms with Crippen molar-refractivity contribution in [2.45, 2.75) is 58.8 Å². The summed E-state index contributed by atoms with van der Waals surface area (Å²) in [6.45, 7) is 17.5. The first kappa shape index (κ1) is 17.4. The summed E-state index contributed by atoms with van der Waals surface area (Å²) in [5.41, 5.74) is 3.31. The summed E-state index contributed by atoms with van der Waals surface area (Å²) < 4.78 is 5.98. The second-order valence-corrected chi connectivity index (χ2v) is 7.47. The predicted octanol–water partition coefficient (Wildman–Crippen LogP) is 5.22. The normalized spacial score (nSPS) is 11.9. The summed E-state index contributed by atoms with van der Waals surface area (Å²) in [6, 6.07) is 4.32. The van der Waals surface area contributed by atoms with Crippen LogP contribution in [0.5, 0.6) is 5.75 Å². The van der Waals surface area contributed by atoms with Crippen LogP contribution in [0.4, 0.5) is 0 Å². The van der Waals surface area contributed by atoms with E-state index < -0.39 is 0 Å². The number of terminal acetylenes is 1. The summed E-state index contributed by atoms with van der Waals surface area (Å²) >= 11 is 0. The van der Waals surface area contributed by atoms with Gasteiger partial charge < -0.3 is 4.74 Å². The van der Waals surface area contributed by atoms with Crippen LogP contribution in [-0.4, -0.2) is 6.61 Å². The number of hydrogen-bond donors (Lipinski definition) is 0. The average Bonchev–Trinajstić information content (AvgIpc) is 2.36. The fraction of sp³-hybridized carbons (Fsp3) is 0.500. The number of benzene rings is 1. The van der Waals surface area contributed by atoms with E-state index in [1.54, 1.807) is 0 Å². The van der Waals surface area contributed by atoms with Crippen LogP contribution in [0.2, 0.25) is 0 Å². The monoisotopic (exact) mass is 284 g/mol. The lowest BCUT2D eigenvalue weighted by molar-refractivity contribution is 0.314. The molecule has 0 atom stereocenters. The fourth-order valence-electron chi connectivity index (χ4n) is 2.13. The van der Waals surface area contributed by atoms with Crippen molar-refractivity contribution in [2.24, 2.45) is 0 Å². The molecule has 0 aromatic heterocycles. The van der Waals surface area contributed by atoms with Crippen LogP contribution < -0.4 is 4.74 Å². The quantitative estimate of drug-likeness (QED) is 0.418. The highest BCUT2D eigenvalue weighted by atomic mass is 16.5. The van der Waals surface area contributed by atoms with Crippen molar-refractivity contribution in [1.29, 1.82) is 0 Å². The molecule has 0 N–H and O–H groups in total. The van der Waals surface area contributed by atoms with E-state index in [9.17, 15) is 0 Å². The predicted molar refractivity (Wildman–Crippen MR) is 92.1 cm³/mol. The number of ether oxygens (including phenoxy) is 1. The van der Waals surface area contributed by atoms with Gasteiger partial charge in [0, 0.05) is 5.56 Å². The third kappa shape index (κ3) is 4.39. The van der Waals surface area contributed by atoms with E-state index in [1.807, 2.05) is 6.08 Å². The molecule has 0 saturated carbocycles. The summed E-state index contributed by atoms with van der Waals surface area (Å²) in [5, 5.41) is 0. The van der Waals surface area contributed by atoms with Crippen LogP contribution in [0.1, 0.15) is 64.7 Å². The molecule has 0 unspecified atom stereocenters. The van der Waals surface area contributed by atoms with Gasteiger partial charge in [-0.2, -0.15) is 0 Å². The van der Waals surface area contributed by atoms with Gasteiger partial charge in [0.25, 0.3) is 0 Å². The molecular weight excluding hydrogens is 256 g/mol. The molecule has 0 aliphatic rings. The molecule has 0 radical (unpaired) electrons. The number of rotatable bonds is 4. The van der Waals surface area contributed by atoms with Crippen molar-refractivity contribution in [2.75, 3.05) is 6.61 Å². The molecule has 1 rings (SSSR count). The first-order valence-electron chi connectivity index (χ1n) is 7.50. The van der Waals surface area contributed by atoms with E-state index in [0.717, 1.165) is 17.7 Å². The van der Waals surface area contributed by atoms with Crippen molar-refractivity contribution in [3.63, 3.8) is 0 Å². The Balaban J connectivity index is 3.46. The average molecular weight is 284 g/mol. The highest BCUT2D eigenvalue weighted by Crippen LogP contribution is 2.38. The molecule has 21 heavy (non-hydrogen) atoms. The lowest BCUT2D eigenvalue weighted by Crippen LogP contribution is -2.19. The Morgan fingerprint density at radius 2 is 1.76 bits per heavy atom. The zero-order valence-electron chi connectivity index (χ0n) is 14.3. The highest BCUT2D eigenvalue weighted by Gasteiger charge is 2.25. The van der Waals surface area contributed by atoms with E-state index in [1.165, 1.54) is 11.1 Å². The molecule has 0 saturated heterocycles. The van der Waals surface area contributed by atoms with E-state index in [0.29, 0.717) is 6.61 Å². The Kier molecular flexibility index (Phi) is 5.29. The molecule has 1 aromatic carbocycles. The second-order valence-electron chi connectivity index (χ2n) is 7.47. The van der Waals surface area contributed by atoms with Gasteiger partial charge in [0.1, 0.15) is 5.75 Å².